The molecule has 132 valence electrons. The van der Waals surface area contributed by atoms with Crippen molar-refractivity contribution in [2.24, 2.45) is 4.99 Å². The number of carbonyl (C=O) groups is 1. The van der Waals surface area contributed by atoms with Crippen LogP contribution in [-0.4, -0.2) is 57.0 Å². The zero-order valence-electron chi connectivity index (χ0n) is 13.8. The van der Waals surface area contributed by atoms with Crippen molar-refractivity contribution >= 4 is 21.7 Å². The molecule has 0 radical (unpaired) electrons. The number of rotatable bonds is 6. The summed E-state index contributed by atoms with van der Waals surface area (Å²) in [7, 11) is -2.96. The molecule has 1 aliphatic carbocycles. The third-order valence-corrected chi connectivity index (χ3v) is 6.01. The lowest BCUT2D eigenvalue weighted by atomic mass is 10.2. The third kappa shape index (κ3) is 6.37. The summed E-state index contributed by atoms with van der Waals surface area (Å²) in [5, 5.41) is 9.38. The van der Waals surface area contributed by atoms with Crippen LogP contribution in [0, 0.1) is 0 Å². The SMILES string of the molecule is CCNC(=NCCC(=O)NC1CCS(=O)(=O)C1)NC1CCCC1. The Morgan fingerprint density at radius 3 is 2.48 bits per heavy atom. The van der Waals surface area contributed by atoms with Crippen LogP contribution in [0.3, 0.4) is 0 Å². The molecule has 0 aromatic carbocycles. The number of aliphatic imine (C=N–C) groups is 1. The fourth-order valence-corrected chi connectivity index (χ4v) is 4.73. The maximum absolute atomic E-state index is 11.9. The van der Waals surface area contributed by atoms with Crippen molar-refractivity contribution in [2.75, 3.05) is 24.6 Å². The number of carbonyl (C=O) groups excluding carboxylic acids is 1. The summed E-state index contributed by atoms with van der Waals surface area (Å²) < 4.78 is 22.7. The maximum Gasteiger partial charge on any atom is 0.222 e. The van der Waals surface area contributed by atoms with E-state index >= 15 is 0 Å². The van der Waals surface area contributed by atoms with Gasteiger partial charge in [-0.05, 0) is 26.2 Å². The van der Waals surface area contributed by atoms with E-state index in [0.717, 1.165) is 12.5 Å². The Morgan fingerprint density at radius 1 is 1.13 bits per heavy atom. The monoisotopic (exact) mass is 344 g/mol. The number of nitrogens with zero attached hydrogens (tertiary/aromatic N) is 1. The van der Waals surface area contributed by atoms with Gasteiger partial charge in [-0.3, -0.25) is 9.79 Å². The Kier molecular flexibility index (Phi) is 6.68. The van der Waals surface area contributed by atoms with Gasteiger partial charge in [0.05, 0.1) is 18.1 Å². The van der Waals surface area contributed by atoms with Gasteiger partial charge in [-0.25, -0.2) is 8.42 Å². The van der Waals surface area contributed by atoms with E-state index in [1.807, 2.05) is 6.92 Å². The van der Waals surface area contributed by atoms with Gasteiger partial charge in [0, 0.05) is 25.0 Å². The molecular weight excluding hydrogens is 316 g/mol. The number of hydrogen-bond acceptors (Lipinski definition) is 4. The van der Waals surface area contributed by atoms with Crippen molar-refractivity contribution in [3.63, 3.8) is 0 Å². The summed E-state index contributed by atoms with van der Waals surface area (Å²) in [6, 6.07) is 0.242. The maximum atomic E-state index is 11.9. The van der Waals surface area contributed by atoms with Crippen LogP contribution in [0.25, 0.3) is 0 Å². The molecule has 2 rings (SSSR count). The van der Waals surface area contributed by atoms with E-state index < -0.39 is 9.84 Å². The zero-order chi connectivity index (χ0) is 16.7. The summed E-state index contributed by atoms with van der Waals surface area (Å²) in [6.45, 7) is 3.19. The van der Waals surface area contributed by atoms with Crippen LogP contribution in [-0.2, 0) is 14.6 Å². The molecule has 7 nitrogen and oxygen atoms in total. The molecule has 1 saturated heterocycles. The van der Waals surface area contributed by atoms with Gasteiger partial charge in [0.1, 0.15) is 0 Å². The molecule has 2 fully saturated rings. The highest BCUT2D eigenvalue weighted by Crippen LogP contribution is 2.17. The lowest BCUT2D eigenvalue weighted by Crippen LogP contribution is -2.42. The summed E-state index contributed by atoms with van der Waals surface area (Å²) in [5.74, 6) is 0.864. The predicted molar refractivity (Wildman–Crippen MR) is 91.2 cm³/mol. The van der Waals surface area contributed by atoms with Gasteiger partial charge in [0.25, 0.3) is 0 Å². The average molecular weight is 344 g/mol. The molecule has 2 aliphatic rings. The van der Waals surface area contributed by atoms with Crippen molar-refractivity contribution in [2.45, 2.75) is 57.5 Å². The number of amides is 1. The Bertz CT molecular complexity index is 527. The summed E-state index contributed by atoms with van der Waals surface area (Å²) >= 11 is 0. The van der Waals surface area contributed by atoms with Crippen molar-refractivity contribution in [3.05, 3.63) is 0 Å². The second-order valence-electron chi connectivity index (χ2n) is 6.30. The van der Waals surface area contributed by atoms with Gasteiger partial charge in [-0.1, -0.05) is 12.8 Å². The number of sulfone groups is 1. The standard InChI is InChI=1S/C15H28N4O3S/c1-2-16-15(19-12-5-3-4-6-12)17-9-7-14(20)18-13-8-10-23(21,22)11-13/h12-13H,2-11H2,1H3,(H,18,20)(H2,16,17,19). The molecule has 1 aliphatic heterocycles. The Morgan fingerprint density at radius 2 is 1.87 bits per heavy atom. The third-order valence-electron chi connectivity index (χ3n) is 4.25. The lowest BCUT2D eigenvalue weighted by Gasteiger charge is -2.16. The molecule has 0 spiro atoms. The van der Waals surface area contributed by atoms with Gasteiger partial charge in [0.15, 0.2) is 15.8 Å². The molecule has 8 heteroatoms. The average Bonchev–Trinajstić information content (AvgIpc) is 3.08. The first-order valence-corrected chi connectivity index (χ1v) is 10.4. The van der Waals surface area contributed by atoms with Gasteiger partial charge in [-0.2, -0.15) is 0 Å². The molecule has 1 unspecified atom stereocenters. The Labute approximate surface area is 138 Å². The summed E-state index contributed by atoms with van der Waals surface area (Å²) in [4.78, 5) is 16.3. The molecule has 0 aromatic rings. The minimum atomic E-state index is -2.96. The van der Waals surface area contributed by atoms with E-state index in [4.69, 9.17) is 0 Å². The van der Waals surface area contributed by atoms with E-state index in [2.05, 4.69) is 20.9 Å². The van der Waals surface area contributed by atoms with Crippen molar-refractivity contribution in [1.29, 1.82) is 0 Å². The highest BCUT2D eigenvalue weighted by atomic mass is 32.2. The normalized spacial score (nSPS) is 24.6. The zero-order valence-corrected chi connectivity index (χ0v) is 14.6. The van der Waals surface area contributed by atoms with Gasteiger partial charge in [-0.15, -0.1) is 0 Å². The van der Waals surface area contributed by atoms with Crippen LogP contribution in [0.15, 0.2) is 4.99 Å². The van der Waals surface area contributed by atoms with E-state index in [1.165, 1.54) is 25.7 Å². The minimum Gasteiger partial charge on any atom is -0.357 e. The van der Waals surface area contributed by atoms with E-state index in [9.17, 15) is 13.2 Å². The second kappa shape index (κ2) is 8.52. The van der Waals surface area contributed by atoms with E-state index in [0.29, 0.717) is 19.0 Å². The minimum absolute atomic E-state index is 0.0634. The first-order valence-electron chi connectivity index (χ1n) is 8.53. The lowest BCUT2D eigenvalue weighted by molar-refractivity contribution is -0.121. The van der Waals surface area contributed by atoms with Crippen LogP contribution in [0.4, 0.5) is 0 Å². The van der Waals surface area contributed by atoms with Crippen LogP contribution in [0.5, 0.6) is 0 Å². The quantitative estimate of drug-likeness (QED) is 0.471. The smallest absolute Gasteiger partial charge is 0.222 e. The van der Waals surface area contributed by atoms with Crippen molar-refractivity contribution < 1.29 is 13.2 Å². The molecule has 1 heterocycles. The van der Waals surface area contributed by atoms with E-state index in [-0.39, 0.29) is 29.9 Å². The fourth-order valence-electron chi connectivity index (χ4n) is 3.06. The van der Waals surface area contributed by atoms with Gasteiger partial charge >= 0.3 is 0 Å². The Hall–Kier alpha value is -1.31. The molecule has 1 saturated carbocycles. The van der Waals surface area contributed by atoms with Crippen LogP contribution < -0.4 is 16.0 Å². The fraction of sp³-hybridized carbons (Fsp3) is 0.867. The highest BCUT2D eigenvalue weighted by Gasteiger charge is 2.28. The molecule has 3 N–H and O–H groups in total. The largest absolute Gasteiger partial charge is 0.357 e. The molecule has 23 heavy (non-hydrogen) atoms. The summed E-state index contributed by atoms with van der Waals surface area (Å²) in [5.41, 5.74) is 0. The highest BCUT2D eigenvalue weighted by molar-refractivity contribution is 7.91. The molecule has 1 amide bonds. The van der Waals surface area contributed by atoms with E-state index in [1.54, 1.807) is 0 Å². The summed E-state index contributed by atoms with van der Waals surface area (Å²) in [6.07, 6.45) is 5.64. The van der Waals surface area contributed by atoms with Crippen LogP contribution in [0.2, 0.25) is 0 Å². The topological polar surface area (TPSA) is 99.7 Å². The molecule has 0 bridgehead atoms. The van der Waals surface area contributed by atoms with Crippen LogP contribution in [0.1, 0.15) is 45.4 Å². The van der Waals surface area contributed by atoms with Gasteiger partial charge < -0.3 is 16.0 Å². The second-order valence-corrected chi connectivity index (χ2v) is 8.53. The van der Waals surface area contributed by atoms with Gasteiger partial charge in [0.2, 0.25) is 5.91 Å². The predicted octanol–water partition coefficient (Wildman–Crippen LogP) is 0.178. The number of nitrogens with one attached hydrogen (secondary N) is 3. The first kappa shape index (κ1) is 18.0. The molecule has 1 atom stereocenters. The molecular formula is C15H28N4O3S. The number of guanidine groups is 1. The Balaban J connectivity index is 1.72. The molecule has 0 aromatic heterocycles. The van der Waals surface area contributed by atoms with Crippen molar-refractivity contribution in [1.82, 2.24) is 16.0 Å². The van der Waals surface area contributed by atoms with Crippen molar-refractivity contribution in [3.8, 4) is 0 Å². The number of hydrogen-bond donors (Lipinski definition) is 3. The van der Waals surface area contributed by atoms with Crippen LogP contribution >= 0.6 is 0 Å². The first-order chi connectivity index (χ1) is 11.0.